The number of alkyl carbamates (subject to hydrolysis) is 1. The van der Waals surface area contributed by atoms with E-state index in [1.165, 1.54) is 0 Å². The minimum Gasteiger partial charge on any atom is -0.444 e. The summed E-state index contributed by atoms with van der Waals surface area (Å²) in [7, 11) is 1.98. The van der Waals surface area contributed by atoms with Crippen LogP contribution in [0.3, 0.4) is 0 Å². The predicted octanol–water partition coefficient (Wildman–Crippen LogP) is 2.73. The van der Waals surface area contributed by atoms with Gasteiger partial charge in [0.05, 0.1) is 12.0 Å². The highest BCUT2D eigenvalue weighted by molar-refractivity contribution is 5.92. The summed E-state index contributed by atoms with van der Waals surface area (Å²) >= 11 is 0. The van der Waals surface area contributed by atoms with E-state index in [1.54, 1.807) is 30.6 Å². The Bertz CT molecular complexity index is 1030. The molecular formula is C28H39N5O4. The second-order valence-corrected chi connectivity index (χ2v) is 11.6. The lowest BCUT2D eigenvalue weighted by Gasteiger charge is -2.48. The van der Waals surface area contributed by atoms with Crippen LogP contribution >= 0.6 is 0 Å². The number of nitrogens with zero attached hydrogens (tertiary/aromatic N) is 4. The molecule has 0 spiro atoms. The molecule has 3 heterocycles. The first kappa shape index (κ1) is 26.9. The van der Waals surface area contributed by atoms with Crippen LogP contribution in [0.15, 0.2) is 30.3 Å². The third kappa shape index (κ3) is 6.24. The highest BCUT2D eigenvalue weighted by Gasteiger charge is 2.47. The molecule has 3 aliphatic heterocycles. The SMILES string of the molecule is CN1C[C@@H]2CCCC[C@H](NC(=O)OC(C)(C)C)C(=O)N2[C@H](C(=O)N2C[C@H](c3ccccc3)[C@@H](C#N)C2)C1. The Morgan fingerprint density at radius 1 is 1.05 bits per heavy atom. The fourth-order valence-electron chi connectivity index (χ4n) is 5.90. The monoisotopic (exact) mass is 509 g/mol. The van der Waals surface area contributed by atoms with E-state index in [4.69, 9.17) is 4.74 Å². The first-order valence-electron chi connectivity index (χ1n) is 13.3. The van der Waals surface area contributed by atoms with E-state index < -0.39 is 23.8 Å². The van der Waals surface area contributed by atoms with E-state index in [1.807, 2.05) is 37.4 Å². The zero-order chi connectivity index (χ0) is 26.7. The molecule has 1 N–H and O–H groups in total. The van der Waals surface area contributed by atoms with E-state index in [2.05, 4.69) is 16.3 Å². The molecule has 0 saturated carbocycles. The summed E-state index contributed by atoms with van der Waals surface area (Å²) in [6, 6.07) is 10.7. The average molecular weight is 510 g/mol. The number of likely N-dealkylation sites (tertiary alicyclic amines) is 1. The largest absolute Gasteiger partial charge is 0.444 e. The Labute approximate surface area is 219 Å². The Morgan fingerprint density at radius 2 is 1.76 bits per heavy atom. The molecule has 0 unspecified atom stereocenters. The van der Waals surface area contributed by atoms with Crippen molar-refractivity contribution in [3.05, 3.63) is 35.9 Å². The molecular weight excluding hydrogens is 470 g/mol. The maximum absolute atomic E-state index is 14.0. The summed E-state index contributed by atoms with van der Waals surface area (Å²) in [6.45, 7) is 7.25. The maximum Gasteiger partial charge on any atom is 0.408 e. The van der Waals surface area contributed by atoms with Gasteiger partial charge in [-0.2, -0.15) is 5.26 Å². The molecule has 9 nitrogen and oxygen atoms in total. The topological polar surface area (TPSA) is 106 Å². The van der Waals surface area contributed by atoms with Crippen molar-refractivity contribution in [2.24, 2.45) is 5.92 Å². The van der Waals surface area contributed by atoms with Gasteiger partial charge in [0.25, 0.3) is 0 Å². The van der Waals surface area contributed by atoms with Crippen molar-refractivity contribution in [2.45, 2.75) is 76.1 Å². The summed E-state index contributed by atoms with van der Waals surface area (Å²) < 4.78 is 5.41. The molecule has 0 radical (unpaired) electrons. The summed E-state index contributed by atoms with van der Waals surface area (Å²) in [5, 5.41) is 12.6. The van der Waals surface area contributed by atoms with Crippen LogP contribution in [0.25, 0.3) is 0 Å². The van der Waals surface area contributed by atoms with Crippen LogP contribution in [-0.4, -0.2) is 89.6 Å². The molecule has 1 aromatic rings. The highest BCUT2D eigenvalue weighted by Crippen LogP contribution is 2.34. The molecule has 0 aromatic heterocycles. The van der Waals surface area contributed by atoms with Crippen molar-refractivity contribution in [3.8, 4) is 6.07 Å². The van der Waals surface area contributed by atoms with Crippen LogP contribution in [0.1, 0.15) is 57.9 Å². The maximum atomic E-state index is 14.0. The number of carbonyl (C=O) groups excluding carboxylic acids is 3. The molecule has 200 valence electrons. The molecule has 3 fully saturated rings. The second kappa shape index (κ2) is 11.1. The third-order valence-electron chi connectivity index (χ3n) is 7.57. The van der Waals surface area contributed by atoms with Gasteiger partial charge in [0.15, 0.2) is 0 Å². The molecule has 3 amide bonds. The molecule has 3 aliphatic rings. The molecule has 3 saturated heterocycles. The molecule has 0 aliphatic carbocycles. The van der Waals surface area contributed by atoms with E-state index in [9.17, 15) is 19.6 Å². The van der Waals surface area contributed by atoms with Crippen molar-refractivity contribution in [3.63, 3.8) is 0 Å². The fraction of sp³-hybridized carbons (Fsp3) is 0.643. The summed E-state index contributed by atoms with van der Waals surface area (Å²) in [5.74, 6) is -0.706. The van der Waals surface area contributed by atoms with Gasteiger partial charge in [0.1, 0.15) is 17.7 Å². The zero-order valence-electron chi connectivity index (χ0n) is 22.4. The van der Waals surface area contributed by atoms with Gasteiger partial charge in [-0.25, -0.2) is 4.79 Å². The van der Waals surface area contributed by atoms with Gasteiger partial charge >= 0.3 is 6.09 Å². The van der Waals surface area contributed by atoms with Crippen molar-refractivity contribution >= 4 is 17.9 Å². The van der Waals surface area contributed by atoms with Crippen molar-refractivity contribution < 1.29 is 19.1 Å². The van der Waals surface area contributed by atoms with Crippen LogP contribution in [0, 0.1) is 17.2 Å². The van der Waals surface area contributed by atoms with Gasteiger partial charge in [-0.3, -0.25) is 9.59 Å². The first-order chi connectivity index (χ1) is 17.6. The van der Waals surface area contributed by atoms with Crippen molar-refractivity contribution in [1.29, 1.82) is 5.26 Å². The standard InChI is InChI=1S/C28H39N5O4/c1-28(2,3)37-27(36)30-23-13-9-8-12-21-16-31(4)18-24(33(21)25(23)34)26(35)32-15-20(14-29)22(17-32)19-10-6-5-7-11-19/h5-7,10-11,20-24H,8-9,12-13,15-18H2,1-4H3,(H,30,36)/t20-,21-,22+,23-,24-/m0/s1. The fourth-order valence-corrected chi connectivity index (χ4v) is 5.90. The Hall–Kier alpha value is -3.12. The number of nitrogens with one attached hydrogen (secondary N) is 1. The smallest absolute Gasteiger partial charge is 0.408 e. The lowest BCUT2D eigenvalue weighted by molar-refractivity contribution is -0.154. The van der Waals surface area contributed by atoms with E-state index in [0.717, 1.165) is 24.8 Å². The molecule has 4 rings (SSSR count). The Morgan fingerprint density at radius 3 is 2.43 bits per heavy atom. The van der Waals surface area contributed by atoms with Gasteiger partial charge in [0, 0.05) is 38.1 Å². The first-order valence-corrected chi connectivity index (χ1v) is 13.3. The van der Waals surface area contributed by atoms with Gasteiger partial charge in [-0.15, -0.1) is 0 Å². The minimum atomic E-state index is -0.737. The predicted molar refractivity (Wildman–Crippen MR) is 138 cm³/mol. The average Bonchev–Trinajstić information content (AvgIpc) is 3.28. The number of nitriles is 1. The summed E-state index contributed by atoms with van der Waals surface area (Å²) in [6.07, 6.45) is 2.42. The van der Waals surface area contributed by atoms with Gasteiger partial charge in [-0.1, -0.05) is 43.2 Å². The van der Waals surface area contributed by atoms with Crippen molar-refractivity contribution in [2.75, 3.05) is 33.2 Å². The van der Waals surface area contributed by atoms with Gasteiger partial charge in [-0.05, 0) is 46.2 Å². The van der Waals surface area contributed by atoms with Crippen LogP contribution in [0.2, 0.25) is 0 Å². The molecule has 37 heavy (non-hydrogen) atoms. The van der Waals surface area contributed by atoms with Gasteiger partial charge < -0.3 is 24.8 Å². The number of hydrogen-bond donors (Lipinski definition) is 1. The lowest BCUT2D eigenvalue weighted by atomic mass is 9.90. The number of amides is 3. The minimum absolute atomic E-state index is 0.0584. The van der Waals surface area contributed by atoms with Crippen LogP contribution in [0.5, 0.6) is 0 Å². The summed E-state index contributed by atoms with van der Waals surface area (Å²) in [4.78, 5) is 46.0. The van der Waals surface area contributed by atoms with E-state index >= 15 is 0 Å². The van der Waals surface area contributed by atoms with Gasteiger partial charge in [0.2, 0.25) is 11.8 Å². The van der Waals surface area contributed by atoms with E-state index in [0.29, 0.717) is 32.6 Å². The number of carbonyl (C=O) groups is 3. The number of piperazine rings is 1. The molecule has 0 bridgehead atoms. The highest BCUT2D eigenvalue weighted by atomic mass is 16.6. The van der Waals surface area contributed by atoms with E-state index in [-0.39, 0.29) is 29.7 Å². The number of fused-ring (bicyclic) bond motifs is 1. The zero-order valence-corrected chi connectivity index (χ0v) is 22.4. The Kier molecular flexibility index (Phi) is 8.08. The van der Waals surface area contributed by atoms with Crippen molar-refractivity contribution in [1.82, 2.24) is 20.0 Å². The normalized spacial score (nSPS) is 29.1. The van der Waals surface area contributed by atoms with Crippen LogP contribution in [-0.2, 0) is 14.3 Å². The number of rotatable bonds is 3. The van der Waals surface area contributed by atoms with Crippen LogP contribution in [0.4, 0.5) is 4.79 Å². The molecule has 1 aromatic carbocycles. The number of hydrogen-bond acceptors (Lipinski definition) is 6. The summed E-state index contributed by atoms with van der Waals surface area (Å²) in [5.41, 5.74) is 0.373. The quantitative estimate of drug-likeness (QED) is 0.672. The number of likely N-dealkylation sites (N-methyl/N-ethyl adjacent to an activating group) is 1. The van der Waals surface area contributed by atoms with Crippen LogP contribution < -0.4 is 5.32 Å². The lowest BCUT2D eigenvalue weighted by Crippen LogP contribution is -2.67. The molecule has 5 atom stereocenters. The number of ether oxygens (including phenoxy) is 1. The second-order valence-electron chi connectivity index (χ2n) is 11.6. The number of benzene rings is 1. The molecule has 9 heteroatoms. The third-order valence-corrected chi connectivity index (χ3v) is 7.57. The Balaban J connectivity index is 1.56.